The Labute approximate surface area is 152 Å². The molecule has 1 saturated carbocycles. The van der Waals surface area contributed by atoms with Gasteiger partial charge in [-0.2, -0.15) is 0 Å². The minimum Gasteiger partial charge on any atom is -0.356 e. The van der Waals surface area contributed by atoms with E-state index in [4.69, 9.17) is 0 Å². The van der Waals surface area contributed by atoms with Gasteiger partial charge in [-0.3, -0.25) is 9.79 Å². The van der Waals surface area contributed by atoms with E-state index < -0.39 is 0 Å². The molecule has 1 fully saturated rings. The van der Waals surface area contributed by atoms with Crippen molar-refractivity contribution in [2.45, 2.75) is 32.1 Å². The quantitative estimate of drug-likeness (QED) is 0.378. The van der Waals surface area contributed by atoms with Gasteiger partial charge in [0.05, 0.1) is 0 Å². The SMILES string of the molecule is CN=C(NCCNC(=O)C(C)C)NCC1(c2ccccc2Br)CC1. The molecule has 1 amide bonds. The van der Waals surface area contributed by atoms with Gasteiger partial charge < -0.3 is 16.0 Å². The van der Waals surface area contributed by atoms with E-state index in [9.17, 15) is 4.79 Å². The molecule has 132 valence electrons. The van der Waals surface area contributed by atoms with Crippen LogP contribution in [0.3, 0.4) is 0 Å². The van der Waals surface area contributed by atoms with Crippen LogP contribution in [-0.2, 0) is 10.2 Å². The van der Waals surface area contributed by atoms with E-state index in [2.05, 4.69) is 55.1 Å². The van der Waals surface area contributed by atoms with Gasteiger partial charge in [0.2, 0.25) is 5.91 Å². The Morgan fingerprint density at radius 3 is 2.46 bits per heavy atom. The summed E-state index contributed by atoms with van der Waals surface area (Å²) < 4.78 is 1.17. The van der Waals surface area contributed by atoms with Crippen molar-refractivity contribution in [3.8, 4) is 0 Å². The van der Waals surface area contributed by atoms with Crippen LogP contribution in [0.2, 0.25) is 0 Å². The Morgan fingerprint density at radius 2 is 1.88 bits per heavy atom. The molecule has 24 heavy (non-hydrogen) atoms. The van der Waals surface area contributed by atoms with Crippen molar-refractivity contribution in [3.63, 3.8) is 0 Å². The second-order valence-corrected chi connectivity index (χ2v) is 7.41. The highest BCUT2D eigenvalue weighted by Gasteiger charge is 2.45. The molecule has 0 atom stereocenters. The van der Waals surface area contributed by atoms with Crippen molar-refractivity contribution in [2.75, 3.05) is 26.7 Å². The molecule has 0 aromatic heterocycles. The number of halogens is 1. The van der Waals surface area contributed by atoms with Crippen molar-refractivity contribution in [2.24, 2.45) is 10.9 Å². The zero-order valence-electron chi connectivity index (χ0n) is 14.7. The number of nitrogens with one attached hydrogen (secondary N) is 3. The van der Waals surface area contributed by atoms with Crippen molar-refractivity contribution in [1.82, 2.24) is 16.0 Å². The van der Waals surface area contributed by atoms with E-state index in [-0.39, 0.29) is 17.2 Å². The number of hydrogen-bond donors (Lipinski definition) is 3. The average molecular weight is 395 g/mol. The fourth-order valence-corrected chi connectivity index (χ4v) is 3.33. The van der Waals surface area contributed by atoms with Gasteiger partial charge in [0, 0.05) is 42.5 Å². The van der Waals surface area contributed by atoms with Crippen molar-refractivity contribution in [3.05, 3.63) is 34.3 Å². The maximum atomic E-state index is 11.5. The third-order valence-corrected chi connectivity index (χ3v) is 5.05. The number of amides is 1. The zero-order valence-corrected chi connectivity index (χ0v) is 16.2. The van der Waals surface area contributed by atoms with Gasteiger partial charge in [-0.1, -0.05) is 48.0 Å². The molecule has 1 aromatic carbocycles. The highest BCUT2D eigenvalue weighted by molar-refractivity contribution is 9.10. The van der Waals surface area contributed by atoms with E-state index >= 15 is 0 Å². The molecule has 5 nitrogen and oxygen atoms in total. The maximum absolute atomic E-state index is 11.5. The normalized spacial score (nSPS) is 16.0. The van der Waals surface area contributed by atoms with Gasteiger partial charge in [-0.15, -0.1) is 0 Å². The Morgan fingerprint density at radius 1 is 1.21 bits per heavy atom. The first-order chi connectivity index (χ1) is 11.5. The first-order valence-corrected chi connectivity index (χ1v) is 9.25. The highest BCUT2D eigenvalue weighted by Crippen LogP contribution is 2.49. The van der Waals surface area contributed by atoms with Crippen molar-refractivity contribution in [1.29, 1.82) is 0 Å². The van der Waals surface area contributed by atoms with Gasteiger partial charge in [0.15, 0.2) is 5.96 Å². The minimum absolute atomic E-state index is 0.0153. The number of nitrogens with zero attached hydrogens (tertiary/aromatic N) is 1. The van der Waals surface area contributed by atoms with Crippen LogP contribution in [-0.4, -0.2) is 38.5 Å². The molecule has 0 saturated heterocycles. The summed E-state index contributed by atoms with van der Waals surface area (Å²) in [4.78, 5) is 15.8. The van der Waals surface area contributed by atoms with E-state index in [1.165, 1.54) is 22.9 Å². The molecule has 3 N–H and O–H groups in total. The number of carbonyl (C=O) groups excluding carboxylic acids is 1. The summed E-state index contributed by atoms with van der Waals surface area (Å²) >= 11 is 3.66. The minimum atomic E-state index is 0.0153. The molecular formula is C18H27BrN4O. The number of benzene rings is 1. The Kier molecular flexibility index (Phi) is 6.66. The second-order valence-electron chi connectivity index (χ2n) is 6.56. The predicted molar refractivity (Wildman–Crippen MR) is 102 cm³/mol. The van der Waals surface area contributed by atoms with Crippen molar-refractivity contribution < 1.29 is 4.79 Å². The largest absolute Gasteiger partial charge is 0.356 e. The summed E-state index contributed by atoms with van der Waals surface area (Å²) in [6.07, 6.45) is 2.37. The van der Waals surface area contributed by atoms with E-state index in [0.717, 1.165) is 12.5 Å². The molecule has 0 unspecified atom stereocenters. The third kappa shape index (κ3) is 4.97. The first-order valence-electron chi connectivity index (χ1n) is 8.46. The third-order valence-electron chi connectivity index (χ3n) is 4.36. The number of hydrogen-bond acceptors (Lipinski definition) is 2. The van der Waals surface area contributed by atoms with Crippen LogP contribution in [0.1, 0.15) is 32.3 Å². The number of rotatable bonds is 7. The molecule has 1 aliphatic carbocycles. The molecule has 1 aromatic rings. The Bertz CT molecular complexity index is 596. The van der Waals surface area contributed by atoms with Gasteiger partial charge in [-0.25, -0.2) is 0 Å². The molecule has 0 heterocycles. The van der Waals surface area contributed by atoms with Crippen LogP contribution in [0, 0.1) is 5.92 Å². The Balaban J connectivity index is 1.78. The van der Waals surface area contributed by atoms with Crippen LogP contribution in [0.4, 0.5) is 0 Å². The molecule has 6 heteroatoms. The van der Waals surface area contributed by atoms with E-state index in [1.807, 2.05) is 19.9 Å². The smallest absolute Gasteiger partial charge is 0.222 e. The predicted octanol–water partition coefficient (Wildman–Crippen LogP) is 2.42. The van der Waals surface area contributed by atoms with Gasteiger partial charge in [0.25, 0.3) is 0 Å². The topological polar surface area (TPSA) is 65.5 Å². The summed E-state index contributed by atoms with van der Waals surface area (Å²) in [5.41, 5.74) is 1.56. The molecular weight excluding hydrogens is 368 g/mol. The van der Waals surface area contributed by atoms with Crippen LogP contribution in [0.15, 0.2) is 33.7 Å². The molecule has 0 bridgehead atoms. The summed E-state index contributed by atoms with van der Waals surface area (Å²) in [6, 6.07) is 8.42. The summed E-state index contributed by atoms with van der Waals surface area (Å²) in [5.74, 6) is 0.860. The van der Waals surface area contributed by atoms with Crippen LogP contribution in [0.25, 0.3) is 0 Å². The fraction of sp³-hybridized carbons (Fsp3) is 0.556. The number of guanidine groups is 1. The van der Waals surface area contributed by atoms with E-state index in [0.29, 0.717) is 13.1 Å². The summed E-state index contributed by atoms with van der Waals surface area (Å²) in [5, 5.41) is 9.55. The zero-order chi connectivity index (χ0) is 17.6. The number of aliphatic imine (C=N–C) groups is 1. The van der Waals surface area contributed by atoms with Crippen LogP contribution < -0.4 is 16.0 Å². The lowest BCUT2D eigenvalue weighted by atomic mass is 9.96. The molecule has 2 rings (SSSR count). The standard InChI is InChI=1S/C18H27BrN4O/c1-13(2)16(24)21-10-11-22-17(20-3)23-12-18(8-9-18)14-6-4-5-7-15(14)19/h4-7,13H,8-12H2,1-3H3,(H,21,24)(H2,20,22,23). The first kappa shape index (κ1) is 18.8. The molecule has 0 spiro atoms. The average Bonchev–Trinajstić information content (AvgIpc) is 3.35. The fourth-order valence-electron chi connectivity index (χ4n) is 2.63. The molecule has 1 aliphatic rings. The lowest BCUT2D eigenvalue weighted by Gasteiger charge is -2.20. The van der Waals surface area contributed by atoms with E-state index in [1.54, 1.807) is 7.05 Å². The van der Waals surface area contributed by atoms with Crippen LogP contribution in [0.5, 0.6) is 0 Å². The molecule has 0 aliphatic heterocycles. The Hall–Kier alpha value is -1.56. The molecule has 0 radical (unpaired) electrons. The monoisotopic (exact) mass is 394 g/mol. The summed E-state index contributed by atoms with van der Waals surface area (Å²) in [6.45, 7) is 5.88. The van der Waals surface area contributed by atoms with Gasteiger partial charge in [0.1, 0.15) is 0 Å². The van der Waals surface area contributed by atoms with Crippen molar-refractivity contribution >= 4 is 27.8 Å². The number of carbonyl (C=O) groups is 1. The van der Waals surface area contributed by atoms with Crippen LogP contribution >= 0.6 is 15.9 Å². The lowest BCUT2D eigenvalue weighted by molar-refractivity contribution is -0.123. The highest BCUT2D eigenvalue weighted by atomic mass is 79.9. The van der Waals surface area contributed by atoms with Gasteiger partial charge in [-0.05, 0) is 24.5 Å². The maximum Gasteiger partial charge on any atom is 0.222 e. The van der Waals surface area contributed by atoms with Gasteiger partial charge >= 0.3 is 0 Å². The lowest BCUT2D eigenvalue weighted by Crippen LogP contribution is -2.44. The summed E-state index contributed by atoms with van der Waals surface area (Å²) in [7, 11) is 1.76. The second kappa shape index (κ2) is 8.51.